The Hall–Kier alpha value is -3.31. The number of halogens is 1. The van der Waals surface area contributed by atoms with E-state index in [4.69, 9.17) is 4.74 Å². The van der Waals surface area contributed by atoms with Gasteiger partial charge in [-0.3, -0.25) is 9.59 Å². The second-order valence-electron chi connectivity index (χ2n) is 7.94. The van der Waals surface area contributed by atoms with E-state index in [1.807, 2.05) is 56.3 Å². The normalized spacial score (nSPS) is 14.5. The van der Waals surface area contributed by atoms with Crippen LogP contribution in [-0.2, 0) is 14.9 Å². The molecule has 158 valence electrons. The first-order valence-electron chi connectivity index (χ1n) is 10.3. The topological polar surface area (TPSA) is 55.4 Å². The molecule has 1 saturated heterocycles. The molecule has 3 aromatic rings. The highest BCUT2D eigenvalue weighted by atomic mass is 19.1. The summed E-state index contributed by atoms with van der Waals surface area (Å²) in [6, 6.07) is 19.3. The Morgan fingerprint density at radius 3 is 2.26 bits per heavy atom. The summed E-state index contributed by atoms with van der Waals surface area (Å²) in [5, 5.41) is 2.86. The average molecular weight is 417 g/mol. The molecule has 0 aromatic heterocycles. The quantitative estimate of drug-likeness (QED) is 0.554. The molecule has 1 aliphatic heterocycles. The predicted molar refractivity (Wildman–Crippen MR) is 119 cm³/mol. The molecule has 31 heavy (non-hydrogen) atoms. The molecule has 1 N–H and O–H groups in total. The molecule has 0 unspecified atom stereocenters. The number of carbonyl (C=O) groups excluding carboxylic acids is 2. The zero-order valence-electron chi connectivity index (χ0n) is 17.6. The third kappa shape index (κ3) is 4.01. The van der Waals surface area contributed by atoms with Crippen LogP contribution in [0.15, 0.2) is 66.7 Å². The molecular weight excluding hydrogens is 393 g/mol. The number of rotatable bonds is 6. The van der Waals surface area contributed by atoms with Crippen LogP contribution in [0.2, 0.25) is 0 Å². The van der Waals surface area contributed by atoms with Crippen molar-refractivity contribution in [2.75, 3.05) is 18.5 Å². The minimum absolute atomic E-state index is 0.102. The van der Waals surface area contributed by atoms with E-state index in [9.17, 15) is 14.0 Å². The number of ether oxygens (including phenoxy) is 1. The van der Waals surface area contributed by atoms with Crippen LogP contribution in [0.1, 0.15) is 34.8 Å². The highest BCUT2D eigenvalue weighted by Gasteiger charge is 2.47. The molecule has 1 heterocycles. The summed E-state index contributed by atoms with van der Waals surface area (Å²) >= 11 is 0. The highest BCUT2D eigenvalue weighted by Crippen LogP contribution is 2.36. The molecule has 0 atom stereocenters. The standard InChI is InChI=1S/C26H24FNO3/c1-3-24(29)23-14-17(2)4-13-22(23)18-5-7-19(8-6-18)26(15-31-16-26)25(30)28-21-11-9-20(27)10-12-21/h4-14H,3,15-16H2,1-2H3,(H,28,30). The van der Waals surface area contributed by atoms with Gasteiger partial charge in [-0.25, -0.2) is 4.39 Å². The fourth-order valence-electron chi connectivity index (χ4n) is 3.82. The van der Waals surface area contributed by atoms with E-state index < -0.39 is 5.41 Å². The van der Waals surface area contributed by atoms with Crippen molar-refractivity contribution in [2.24, 2.45) is 0 Å². The lowest BCUT2D eigenvalue weighted by molar-refractivity contribution is -0.139. The summed E-state index contributed by atoms with van der Waals surface area (Å²) in [6.07, 6.45) is 0.443. The van der Waals surface area contributed by atoms with E-state index in [0.717, 1.165) is 22.3 Å². The number of aryl methyl sites for hydroxylation is 1. The molecule has 1 fully saturated rings. The first-order valence-corrected chi connectivity index (χ1v) is 10.3. The van der Waals surface area contributed by atoms with Gasteiger partial charge in [-0.1, -0.05) is 48.9 Å². The first-order chi connectivity index (χ1) is 14.9. The maximum Gasteiger partial charge on any atom is 0.239 e. The van der Waals surface area contributed by atoms with Crippen LogP contribution >= 0.6 is 0 Å². The Kier molecular flexibility index (Phi) is 5.70. The van der Waals surface area contributed by atoms with Gasteiger partial charge in [0.25, 0.3) is 0 Å². The van der Waals surface area contributed by atoms with Crippen molar-refractivity contribution in [3.05, 3.63) is 89.2 Å². The fraction of sp³-hybridized carbons (Fsp3) is 0.231. The van der Waals surface area contributed by atoms with Gasteiger partial charge in [0.2, 0.25) is 5.91 Å². The highest BCUT2D eigenvalue weighted by molar-refractivity contribution is 6.03. The fourth-order valence-corrected chi connectivity index (χ4v) is 3.82. The van der Waals surface area contributed by atoms with Crippen LogP contribution in [0, 0.1) is 12.7 Å². The second-order valence-corrected chi connectivity index (χ2v) is 7.94. The average Bonchev–Trinajstić information content (AvgIpc) is 2.74. The van der Waals surface area contributed by atoms with E-state index in [-0.39, 0.29) is 30.7 Å². The van der Waals surface area contributed by atoms with E-state index in [1.54, 1.807) is 0 Å². The number of anilines is 1. The van der Waals surface area contributed by atoms with Crippen LogP contribution in [0.25, 0.3) is 11.1 Å². The molecule has 1 amide bonds. The van der Waals surface area contributed by atoms with Crippen molar-refractivity contribution in [2.45, 2.75) is 25.7 Å². The largest absolute Gasteiger partial charge is 0.378 e. The number of ketones is 1. The number of benzene rings is 3. The third-order valence-electron chi connectivity index (χ3n) is 5.78. The summed E-state index contributed by atoms with van der Waals surface area (Å²) in [5.41, 5.74) is 4.16. The number of hydrogen-bond acceptors (Lipinski definition) is 3. The second kappa shape index (κ2) is 8.44. The summed E-state index contributed by atoms with van der Waals surface area (Å²) in [5.74, 6) is -0.437. The van der Waals surface area contributed by atoms with Crippen molar-refractivity contribution < 1.29 is 18.7 Å². The monoisotopic (exact) mass is 417 g/mol. The lowest BCUT2D eigenvalue weighted by Crippen LogP contribution is -2.55. The summed E-state index contributed by atoms with van der Waals surface area (Å²) in [4.78, 5) is 25.5. The molecule has 0 spiro atoms. The summed E-state index contributed by atoms with van der Waals surface area (Å²) in [6.45, 7) is 4.39. The van der Waals surface area contributed by atoms with Gasteiger partial charge in [0.15, 0.2) is 5.78 Å². The van der Waals surface area contributed by atoms with Crippen molar-refractivity contribution >= 4 is 17.4 Å². The van der Waals surface area contributed by atoms with Crippen LogP contribution in [-0.4, -0.2) is 24.9 Å². The number of amides is 1. The molecule has 0 aliphatic carbocycles. The number of carbonyl (C=O) groups is 2. The van der Waals surface area contributed by atoms with Crippen molar-refractivity contribution in [3.8, 4) is 11.1 Å². The van der Waals surface area contributed by atoms with E-state index >= 15 is 0 Å². The molecule has 0 radical (unpaired) electrons. The Morgan fingerprint density at radius 1 is 1.00 bits per heavy atom. The van der Waals surface area contributed by atoms with E-state index in [1.165, 1.54) is 24.3 Å². The molecule has 5 heteroatoms. The number of nitrogens with one attached hydrogen (secondary N) is 1. The number of Topliss-reactive ketones (excluding diaryl/α,β-unsaturated/α-hetero) is 1. The number of hydrogen-bond donors (Lipinski definition) is 1. The van der Waals surface area contributed by atoms with E-state index in [0.29, 0.717) is 17.7 Å². The molecule has 4 rings (SSSR count). The molecule has 0 saturated carbocycles. The van der Waals surface area contributed by atoms with Crippen LogP contribution < -0.4 is 5.32 Å². The van der Waals surface area contributed by atoms with Crippen LogP contribution in [0.3, 0.4) is 0 Å². The molecule has 0 bridgehead atoms. The molecule has 3 aromatic carbocycles. The Bertz CT molecular complexity index is 1120. The van der Waals surface area contributed by atoms with E-state index in [2.05, 4.69) is 5.32 Å². The van der Waals surface area contributed by atoms with Gasteiger partial charge in [-0.2, -0.15) is 0 Å². The third-order valence-corrected chi connectivity index (χ3v) is 5.78. The van der Waals surface area contributed by atoms with Crippen molar-refractivity contribution in [1.29, 1.82) is 0 Å². The smallest absolute Gasteiger partial charge is 0.239 e. The lowest BCUT2D eigenvalue weighted by Gasteiger charge is -2.40. The Labute approximate surface area is 181 Å². The van der Waals surface area contributed by atoms with Gasteiger partial charge in [0.1, 0.15) is 11.2 Å². The first kappa shape index (κ1) is 20.9. The summed E-state index contributed by atoms with van der Waals surface area (Å²) in [7, 11) is 0. The SMILES string of the molecule is CCC(=O)c1cc(C)ccc1-c1ccc(C2(C(=O)Nc3ccc(F)cc3)COC2)cc1. The van der Waals surface area contributed by atoms with Crippen LogP contribution in [0.4, 0.5) is 10.1 Å². The van der Waals surface area contributed by atoms with Crippen molar-refractivity contribution in [1.82, 2.24) is 0 Å². The van der Waals surface area contributed by atoms with Gasteiger partial charge in [-0.05, 0) is 53.9 Å². The van der Waals surface area contributed by atoms with Gasteiger partial charge in [-0.15, -0.1) is 0 Å². The lowest BCUT2D eigenvalue weighted by atomic mass is 9.77. The minimum atomic E-state index is -0.789. The van der Waals surface area contributed by atoms with Crippen molar-refractivity contribution in [3.63, 3.8) is 0 Å². The van der Waals surface area contributed by atoms with Gasteiger partial charge < -0.3 is 10.1 Å². The predicted octanol–water partition coefficient (Wildman–Crippen LogP) is 5.30. The molecular formula is C26H24FNO3. The van der Waals surface area contributed by atoms with Crippen LogP contribution in [0.5, 0.6) is 0 Å². The Morgan fingerprint density at radius 2 is 1.68 bits per heavy atom. The zero-order chi connectivity index (χ0) is 22.0. The summed E-state index contributed by atoms with van der Waals surface area (Å²) < 4.78 is 18.5. The Balaban J connectivity index is 1.62. The molecule has 4 nitrogen and oxygen atoms in total. The van der Waals surface area contributed by atoms with Gasteiger partial charge >= 0.3 is 0 Å². The molecule has 1 aliphatic rings. The maximum atomic E-state index is 13.1. The van der Waals surface area contributed by atoms with Gasteiger partial charge in [0, 0.05) is 17.7 Å². The maximum absolute atomic E-state index is 13.1. The zero-order valence-corrected chi connectivity index (χ0v) is 17.6. The van der Waals surface area contributed by atoms with Gasteiger partial charge in [0.05, 0.1) is 13.2 Å². The minimum Gasteiger partial charge on any atom is -0.378 e.